The predicted octanol–water partition coefficient (Wildman–Crippen LogP) is 0.708. The second-order valence-corrected chi connectivity index (χ2v) is 3.01. The van der Waals surface area contributed by atoms with E-state index in [4.69, 9.17) is 10.9 Å². The Bertz CT molecular complexity index is 173. The van der Waals surface area contributed by atoms with Gasteiger partial charge >= 0.3 is 0 Å². The molecule has 3 N–H and O–H groups in total. The molecular weight excluding hydrogens is 180 g/mol. The molecule has 0 heterocycles. The van der Waals surface area contributed by atoms with Crippen LogP contribution in [0.25, 0.3) is 0 Å². The van der Waals surface area contributed by atoms with Crippen LogP contribution in [0.3, 0.4) is 0 Å². The van der Waals surface area contributed by atoms with Crippen molar-refractivity contribution in [3.63, 3.8) is 0 Å². The smallest absolute Gasteiger partial charge is 0.251 e. The average molecular weight is 195 g/mol. The van der Waals surface area contributed by atoms with Crippen molar-refractivity contribution in [1.29, 1.82) is 0 Å². The Morgan fingerprint density at radius 1 is 1.54 bits per heavy atom. The highest BCUT2D eigenvalue weighted by molar-refractivity contribution is 5.81. The standard InChI is InChI=1S/C7H15F2N3O/c1-5(2)12(3-6(8)9)4-7(10)11-13/h5-6,13H,3-4H2,1-2H3,(H2,10,11). The van der Waals surface area contributed by atoms with Crippen LogP contribution in [0, 0.1) is 0 Å². The largest absolute Gasteiger partial charge is 0.409 e. The molecule has 0 aliphatic heterocycles. The van der Waals surface area contributed by atoms with E-state index in [0.29, 0.717) is 0 Å². The zero-order chi connectivity index (χ0) is 10.4. The van der Waals surface area contributed by atoms with Crippen molar-refractivity contribution in [1.82, 2.24) is 4.90 Å². The monoisotopic (exact) mass is 195 g/mol. The molecule has 0 saturated carbocycles. The molecule has 0 spiro atoms. The number of rotatable bonds is 5. The summed E-state index contributed by atoms with van der Waals surface area (Å²) in [4.78, 5) is 1.43. The maximum Gasteiger partial charge on any atom is 0.251 e. The van der Waals surface area contributed by atoms with Gasteiger partial charge in [0.15, 0.2) is 5.84 Å². The van der Waals surface area contributed by atoms with Gasteiger partial charge in [-0.05, 0) is 13.8 Å². The second-order valence-electron chi connectivity index (χ2n) is 3.01. The van der Waals surface area contributed by atoms with Crippen molar-refractivity contribution in [2.45, 2.75) is 26.3 Å². The number of amidine groups is 1. The van der Waals surface area contributed by atoms with Crippen molar-refractivity contribution in [2.75, 3.05) is 13.1 Å². The third kappa shape index (κ3) is 5.35. The number of nitrogens with two attached hydrogens (primary N) is 1. The van der Waals surface area contributed by atoms with Gasteiger partial charge in [0.2, 0.25) is 0 Å². The predicted molar refractivity (Wildman–Crippen MR) is 46.1 cm³/mol. The minimum absolute atomic E-state index is 0.0541. The molecule has 0 bridgehead atoms. The first kappa shape index (κ1) is 12.1. The first-order valence-corrected chi connectivity index (χ1v) is 3.96. The van der Waals surface area contributed by atoms with Gasteiger partial charge in [0.1, 0.15) is 0 Å². The van der Waals surface area contributed by atoms with Crippen molar-refractivity contribution in [2.24, 2.45) is 10.9 Å². The summed E-state index contributed by atoms with van der Waals surface area (Å²) < 4.78 is 24.0. The Morgan fingerprint density at radius 2 is 2.08 bits per heavy atom. The Kier molecular flexibility index (Phi) is 5.29. The number of oxime groups is 1. The fourth-order valence-corrected chi connectivity index (χ4v) is 0.875. The average Bonchev–Trinajstić information content (AvgIpc) is 2.02. The molecule has 0 aromatic heterocycles. The molecule has 0 atom stereocenters. The van der Waals surface area contributed by atoms with E-state index in [2.05, 4.69) is 5.16 Å². The van der Waals surface area contributed by atoms with E-state index in [1.54, 1.807) is 13.8 Å². The summed E-state index contributed by atoms with van der Waals surface area (Å²) in [6, 6.07) is -0.0608. The third-order valence-electron chi connectivity index (χ3n) is 1.60. The second kappa shape index (κ2) is 5.69. The van der Waals surface area contributed by atoms with Gasteiger partial charge in [-0.2, -0.15) is 0 Å². The first-order valence-electron chi connectivity index (χ1n) is 3.96. The first-order chi connectivity index (χ1) is 5.97. The molecule has 78 valence electrons. The highest BCUT2D eigenvalue weighted by atomic mass is 19.3. The van der Waals surface area contributed by atoms with Crippen molar-refractivity contribution < 1.29 is 14.0 Å². The lowest BCUT2D eigenvalue weighted by molar-refractivity contribution is 0.0814. The van der Waals surface area contributed by atoms with Crippen LogP contribution in [0.15, 0.2) is 5.16 Å². The van der Waals surface area contributed by atoms with E-state index in [0.717, 1.165) is 0 Å². The van der Waals surface area contributed by atoms with Gasteiger partial charge in [-0.1, -0.05) is 5.16 Å². The molecule has 0 aliphatic carbocycles. The number of nitrogens with zero attached hydrogens (tertiary/aromatic N) is 2. The lowest BCUT2D eigenvalue weighted by Crippen LogP contribution is -2.41. The summed E-state index contributed by atoms with van der Waals surface area (Å²) in [5, 5.41) is 11.0. The molecule has 0 aromatic rings. The molecule has 0 amide bonds. The minimum Gasteiger partial charge on any atom is -0.409 e. The molecule has 0 saturated heterocycles. The molecule has 6 heteroatoms. The Balaban J connectivity index is 4.10. The van der Waals surface area contributed by atoms with Crippen LogP contribution in [-0.4, -0.2) is 41.5 Å². The number of hydrogen-bond donors (Lipinski definition) is 2. The lowest BCUT2D eigenvalue weighted by Gasteiger charge is -2.24. The van der Waals surface area contributed by atoms with Crippen molar-refractivity contribution in [3.05, 3.63) is 0 Å². The van der Waals surface area contributed by atoms with Crippen LogP contribution in [0.5, 0.6) is 0 Å². The van der Waals surface area contributed by atoms with Gasteiger partial charge < -0.3 is 10.9 Å². The molecule has 4 nitrogen and oxygen atoms in total. The number of halogens is 2. The third-order valence-corrected chi connectivity index (χ3v) is 1.60. The topological polar surface area (TPSA) is 61.8 Å². The molecule has 0 unspecified atom stereocenters. The Labute approximate surface area is 76.0 Å². The maximum absolute atomic E-state index is 12.0. The van der Waals surface area contributed by atoms with Crippen molar-refractivity contribution in [3.8, 4) is 0 Å². The van der Waals surface area contributed by atoms with E-state index in [9.17, 15) is 8.78 Å². The summed E-state index contributed by atoms with van der Waals surface area (Å²) in [6.07, 6.45) is -2.41. The summed E-state index contributed by atoms with van der Waals surface area (Å²) in [5.41, 5.74) is 5.20. The van der Waals surface area contributed by atoms with Crippen LogP contribution in [-0.2, 0) is 0 Å². The molecule has 0 rings (SSSR count). The van der Waals surface area contributed by atoms with Crippen LogP contribution in [0.4, 0.5) is 8.78 Å². The maximum atomic E-state index is 12.0. The van der Waals surface area contributed by atoms with Gasteiger partial charge in [0, 0.05) is 6.04 Å². The SMILES string of the molecule is CC(C)N(CC(N)=NO)CC(F)F. The van der Waals surface area contributed by atoms with Crippen LogP contribution < -0.4 is 5.73 Å². The Morgan fingerprint density at radius 3 is 2.38 bits per heavy atom. The minimum atomic E-state index is -2.41. The van der Waals surface area contributed by atoms with Gasteiger partial charge in [0.25, 0.3) is 6.43 Å². The summed E-state index contributed by atoms with van der Waals surface area (Å²) in [7, 11) is 0. The fraction of sp³-hybridized carbons (Fsp3) is 0.857. The van der Waals surface area contributed by atoms with Gasteiger partial charge in [-0.25, -0.2) is 8.78 Å². The summed E-state index contributed by atoms with van der Waals surface area (Å²) >= 11 is 0. The number of alkyl halides is 2. The van der Waals surface area contributed by atoms with Gasteiger partial charge in [0.05, 0.1) is 13.1 Å². The van der Waals surface area contributed by atoms with E-state index in [1.807, 2.05) is 0 Å². The van der Waals surface area contributed by atoms with Crippen LogP contribution in [0.2, 0.25) is 0 Å². The molecule has 0 radical (unpaired) electrons. The molecule has 0 fully saturated rings. The van der Waals surface area contributed by atoms with E-state index < -0.39 is 6.43 Å². The lowest BCUT2D eigenvalue weighted by atomic mass is 10.3. The summed E-state index contributed by atoms with van der Waals surface area (Å²) in [6.45, 7) is 3.23. The molecule has 13 heavy (non-hydrogen) atoms. The van der Waals surface area contributed by atoms with E-state index in [1.165, 1.54) is 4.90 Å². The van der Waals surface area contributed by atoms with Gasteiger partial charge in [-0.3, -0.25) is 4.90 Å². The van der Waals surface area contributed by atoms with E-state index >= 15 is 0 Å². The zero-order valence-corrected chi connectivity index (χ0v) is 7.74. The van der Waals surface area contributed by atoms with Crippen LogP contribution in [0.1, 0.15) is 13.8 Å². The molecule has 0 aromatic carbocycles. The van der Waals surface area contributed by atoms with E-state index in [-0.39, 0.29) is 25.0 Å². The van der Waals surface area contributed by atoms with Crippen LogP contribution >= 0.6 is 0 Å². The summed E-state index contributed by atoms with van der Waals surface area (Å²) in [5.74, 6) is -0.0608. The highest BCUT2D eigenvalue weighted by Crippen LogP contribution is 2.02. The normalized spacial score (nSPS) is 13.3. The number of hydrogen-bond acceptors (Lipinski definition) is 3. The quantitative estimate of drug-likeness (QED) is 0.294. The molecular formula is C7H15F2N3O. The van der Waals surface area contributed by atoms with Gasteiger partial charge in [-0.15, -0.1) is 0 Å². The molecule has 0 aliphatic rings. The van der Waals surface area contributed by atoms with Crippen molar-refractivity contribution >= 4 is 5.84 Å². The zero-order valence-electron chi connectivity index (χ0n) is 7.74. The highest BCUT2D eigenvalue weighted by Gasteiger charge is 2.16. The Hall–Kier alpha value is -0.910. The fourth-order valence-electron chi connectivity index (χ4n) is 0.875.